The fraction of sp³-hybridized carbons (Fsp3) is 0.0588. The molecule has 23 heavy (non-hydrogen) atoms. The van der Waals surface area contributed by atoms with E-state index in [1.165, 1.54) is 11.8 Å². The lowest BCUT2D eigenvalue weighted by Gasteiger charge is -2.05. The molecule has 0 bridgehead atoms. The highest BCUT2D eigenvalue weighted by Crippen LogP contribution is 2.17. The second kappa shape index (κ2) is 7.51. The molecule has 0 spiro atoms. The maximum Gasteiger partial charge on any atom is 0.251 e. The Hall–Kier alpha value is -2.73. The average Bonchev–Trinajstić information content (AvgIpc) is 2.63. The Morgan fingerprint density at radius 2 is 1.74 bits per heavy atom. The molecular weight excluding hydrogens is 308 g/mol. The van der Waals surface area contributed by atoms with E-state index in [1.54, 1.807) is 24.5 Å². The molecule has 0 unspecified atom stereocenters. The highest BCUT2D eigenvalue weighted by molar-refractivity contribution is 7.99. The molecule has 1 N–H and O–H groups in total. The molecule has 0 aliphatic carbocycles. The molecule has 3 aromatic rings. The average molecular weight is 322 g/mol. The van der Waals surface area contributed by atoms with Crippen LogP contribution in [-0.2, 0) is 0 Å². The Morgan fingerprint density at radius 3 is 2.52 bits per heavy atom. The number of thioether (sulfide) groups is 1. The maximum atomic E-state index is 11.9. The molecule has 2 aromatic heterocycles. The van der Waals surface area contributed by atoms with Crippen LogP contribution in [0, 0.1) is 0 Å². The van der Waals surface area contributed by atoms with Crippen LogP contribution in [0.3, 0.4) is 0 Å². The number of carbonyl (C=O) groups excluding carboxylic acids is 1. The van der Waals surface area contributed by atoms with Gasteiger partial charge in [-0.05, 0) is 30.3 Å². The number of nitrogens with zero attached hydrogens (tertiary/aromatic N) is 3. The molecule has 1 aromatic carbocycles. The minimum absolute atomic E-state index is 0.112. The first-order chi connectivity index (χ1) is 11.3. The quantitative estimate of drug-likeness (QED) is 0.444. The zero-order valence-electron chi connectivity index (χ0n) is 12.2. The molecule has 0 saturated carbocycles. The highest BCUT2D eigenvalue weighted by Gasteiger charge is 2.06. The smallest absolute Gasteiger partial charge is 0.251 e. The third-order valence-electron chi connectivity index (χ3n) is 3.03. The summed E-state index contributed by atoms with van der Waals surface area (Å²) in [5.41, 5.74) is 2.19. The number of rotatable bonds is 5. The molecule has 1 amide bonds. The van der Waals surface area contributed by atoms with E-state index in [0.717, 1.165) is 11.4 Å². The van der Waals surface area contributed by atoms with Gasteiger partial charge >= 0.3 is 0 Å². The van der Waals surface area contributed by atoms with Gasteiger partial charge in [0.2, 0.25) is 0 Å². The zero-order chi connectivity index (χ0) is 15.9. The van der Waals surface area contributed by atoms with Crippen LogP contribution in [0.25, 0.3) is 11.4 Å². The van der Waals surface area contributed by atoms with Gasteiger partial charge in [0.1, 0.15) is 0 Å². The van der Waals surface area contributed by atoms with Gasteiger partial charge in [-0.25, -0.2) is 9.97 Å². The van der Waals surface area contributed by atoms with Crippen LogP contribution in [0.4, 0.5) is 0 Å². The molecule has 0 fully saturated rings. The van der Waals surface area contributed by atoms with Gasteiger partial charge in [0, 0.05) is 18.0 Å². The summed E-state index contributed by atoms with van der Waals surface area (Å²) in [4.78, 5) is 24.9. The van der Waals surface area contributed by atoms with E-state index in [-0.39, 0.29) is 5.91 Å². The first kappa shape index (κ1) is 15.2. The van der Waals surface area contributed by atoms with Crippen molar-refractivity contribution in [2.75, 3.05) is 5.88 Å². The molecule has 0 aliphatic heterocycles. The van der Waals surface area contributed by atoms with Crippen molar-refractivity contribution in [1.29, 1.82) is 0 Å². The number of carbonyl (C=O) groups is 1. The van der Waals surface area contributed by atoms with E-state index in [0.29, 0.717) is 16.6 Å². The summed E-state index contributed by atoms with van der Waals surface area (Å²) < 4.78 is 0. The van der Waals surface area contributed by atoms with Crippen molar-refractivity contribution in [3.05, 3.63) is 72.6 Å². The van der Waals surface area contributed by atoms with Gasteiger partial charge < -0.3 is 5.32 Å². The number of hydrogen-bond donors (Lipinski definition) is 1. The van der Waals surface area contributed by atoms with Gasteiger partial charge in [-0.2, -0.15) is 0 Å². The van der Waals surface area contributed by atoms with E-state index in [9.17, 15) is 4.79 Å². The molecule has 2 heterocycles. The molecule has 0 radical (unpaired) electrons. The van der Waals surface area contributed by atoms with E-state index in [4.69, 9.17) is 0 Å². The molecule has 6 heteroatoms. The fourth-order valence-corrected chi connectivity index (χ4v) is 2.56. The van der Waals surface area contributed by atoms with Crippen molar-refractivity contribution in [3.8, 4) is 11.4 Å². The second-order valence-corrected chi connectivity index (χ2v) is 5.54. The lowest BCUT2D eigenvalue weighted by molar-refractivity contribution is 0.0961. The Morgan fingerprint density at radius 1 is 0.913 bits per heavy atom. The summed E-state index contributed by atoms with van der Waals surface area (Å²) in [5, 5.41) is 3.43. The van der Waals surface area contributed by atoms with Gasteiger partial charge in [-0.3, -0.25) is 9.78 Å². The lowest BCUT2D eigenvalue weighted by Crippen LogP contribution is -2.22. The maximum absolute atomic E-state index is 11.9. The van der Waals surface area contributed by atoms with Crippen LogP contribution in [0.1, 0.15) is 10.4 Å². The van der Waals surface area contributed by atoms with Crippen LogP contribution in [0.15, 0.2) is 72.1 Å². The summed E-state index contributed by atoms with van der Waals surface area (Å²) in [7, 11) is 0. The van der Waals surface area contributed by atoms with E-state index in [2.05, 4.69) is 20.3 Å². The standard InChI is InChI=1S/C17H14N4OS/c22-16(13-6-2-1-3-7-13)20-12-23-17-19-11-9-15(21-17)14-8-4-5-10-18-14/h1-11H,12H2,(H,20,22). The Balaban J connectivity index is 1.60. The predicted octanol–water partition coefficient (Wildman–Crippen LogP) is 3.02. The summed E-state index contributed by atoms with van der Waals surface area (Å²) in [6, 6.07) is 16.6. The lowest BCUT2D eigenvalue weighted by atomic mass is 10.2. The van der Waals surface area contributed by atoms with E-state index in [1.807, 2.05) is 42.5 Å². The van der Waals surface area contributed by atoms with Gasteiger partial charge in [0.05, 0.1) is 17.3 Å². The van der Waals surface area contributed by atoms with Crippen molar-refractivity contribution in [2.24, 2.45) is 0 Å². The molecule has 0 saturated heterocycles. The largest absolute Gasteiger partial charge is 0.343 e. The zero-order valence-corrected chi connectivity index (χ0v) is 13.0. The van der Waals surface area contributed by atoms with Crippen LogP contribution in [-0.4, -0.2) is 26.7 Å². The SMILES string of the molecule is O=C(NCSc1nccc(-c2ccccn2)n1)c1ccccc1. The Labute approximate surface area is 138 Å². The van der Waals surface area contributed by atoms with E-state index >= 15 is 0 Å². The van der Waals surface area contributed by atoms with Crippen molar-refractivity contribution in [1.82, 2.24) is 20.3 Å². The van der Waals surface area contributed by atoms with E-state index < -0.39 is 0 Å². The Kier molecular flexibility index (Phi) is 4.95. The summed E-state index contributed by atoms with van der Waals surface area (Å²) in [5.74, 6) is 0.290. The predicted molar refractivity (Wildman–Crippen MR) is 89.9 cm³/mol. The van der Waals surface area contributed by atoms with Crippen LogP contribution in [0.5, 0.6) is 0 Å². The normalized spacial score (nSPS) is 10.3. The van der Waals surface area contributed by atoms with Crippen molar-refractivity contribution in [3.63, 3.8) is 0 Å². The number of benzene rings is 1. The molecule has 5 nitrogen and oxygen atoms in total. The summed E-state index contributed by atoms with van der Waals surface area (Å²) >= 11 is 1.37. The monoisotopic (exact) mass is 322 g/mol. The molecule has 0 atom stereocenters. The van der Waals surface area contributed by atoms with Crippen molar-refractivity contribution >= 4 is 17.7 Å². The van der Waals surface area contributed by atoms with Gasteiger partial charge in [0.15, 0.2) is 5.16 Å². The topological polar surface area (TPSA) is 67.8 Å². The van der Waals surface area contributed by atoms with Gasteiger partial charge in [-0.15, -0.1) is 0 Å². The Bertz CT molecular complexity index is 781. The van der Waals surface area contributed by atoms with Crippen LogP contribution >= 0.6 is 11.8 Å². The number of amides is 1. The number of hydrogen-bond acceptors (Lipinski definition) is 5. The van der Waals surface area contributed by atoms with Crippen molar-refractivity contribution in [2.45, 2.75) is 5.16 Å². The van der Waals surface area contributed by atoms with Crippen molar-refractivity contribution < 1.29 is 4.79 Å². The van der Waals surface area contributed by atoms with Crippen LogP contribution < -0.4 is 5.32 Å². The minimum atomic E-state index is -0.112. The summed E-state index contributed by atoms with van der Waals surface area (Å²) in [6.45, 7) is 0. The molecular formula is C17H14N4OS. The fourth-order valence-electron chi connectivity index (χ4n) is 1.93. The second-order valence-electron chi connectivity index (χ2n) is 4.60. The summed E-state index contributed by atoms with van der Waals surface area (Å²) in [6.07, 6.45) is 3.42. The first-order valence-corrected chi connectivity index (χ1v) is 8.02. The number of nitrogens with one attached hydrogen (secondary N) is 1. The first-order valence-electron chi connectivity index (χ1n) is 7.03. The number of pyridine rings is 1. The van der Waals surface area contributed by atoms with Gasteiger partial charge in [0.25, 0.3) is 5.91 Å². The molecule has 0 aliphatic rings. The third-order valence-corrected chi connectivity index (χ3v) is 3.77. The van der Waals surface area contributed by atoms with Gasteiger partial charge in [-0.1, -0.05) is 36.0 Å². The molecule has 114 valence electrons. The van der Waals surface area contributed by atoms with Crippen LogP contribution in [0.2, 0.25) is 0 Å². The third kappa shape index (κ3) is 4.14. The highest BCUT2D eigenvalue weighted by atomic mass is 32.2. The number of aromatic nitrogens is 3. The minimum Gasteiger partial charge on any atom is -0.343 e. The molecule has 3 rings (SSSR count).